The maximum Gasteiger partial charge on any atom is 0.335 e. The minimum absolute atomic E-state index is 0.210. The number of likely N-dealkylation sites (N-methyl/N-ethyl adjacent to an activating group) is 1. The molecule has 0 aliphatic heterocycles. The monoisotopic (exact) mass is 265 g/mol. The molecule has 0 aromatic heterocycles. The number of nitrogens with zero attached hydrogens (tertiary/aromatic N) is 1. The second-order valence-corrected chi connectivity index (χ2v) is 4.15. The lowest BCUT2D eigenvalue weighted by Gasteiger charge is -2.18. The summed E-state index contributed by atoms with van der Waals surface area (Å²) in [6, 6.07) is 6.58. The zero-order chi connectivity index (χ0) is 14.3. The first kappa shape index (κ1) is 15.0. The summed E-state index contributed by atoms with van der Waals surface area (Å²) in [5, 5.41) is 11.7. The Balaban J connectivity index is 2.57. The predicted molar refractivity (Wildman–Crippen MR) is 72.2 cm³/mol. The Morgan fingerprint density at radius 3 is 2.68 bits per heavy atom. The molecule has 0 saturated heterocycles. The van der Waals surface area contributed by atoms with Crippen molar-refractivity contribution in [2.75, 3.05) is 26.7 Å². The molecule has 0 fully saturated rings. The third-order valence-corrected chi connectivity index (χ3v) is 2.73. The van der Waals surface area contributed by atoms with Crippen molar-refractivity contribution in [3.63, 3.8) is 0 Å². The molecule has 1 rings (SSSR count). The molecule has 104 valence electrons. The molecule has 0 saturated carbocycles. The highest BCUT2D eigenvalue weighted by molar-refractivity contribution is 5.89. The Labute approximate surface area is 112 Å². The van der Waals surface area contributed by atoms with Crippen LogP contribution < -0.4 is 11.1 Å². The van der Waals surface area contributed by atoms with E-state index in [0.717, 1.165) is 0 Å². The van der Waals surface area contributed by atoms with Crippen molar-refractivity contribution in [3.05, 3.63) is 35.4 Å². The van der Waals surface area contributed by atoms with Gasteiger partial charge in [0.1, 0.15) is 0 Å². The van der Waals surface area contributed by atoms with Crippen LogP contribution in [0.1, 0.15) is 15.9 Å². The van der Waals surface area contributed by atoms with Gasteiger partial charge in [0.05, 0.1) is 5.56 Å². The number of rotatable bonds is 6. The first-order valence-electron chi connectivity index (χ1n) is 6.06. The summed E-state index contributed by atoms with van der Waals surface area (Å²) >= 11 is 0. The van der Waals surface area contributed by atoms with Crippen LogP contribution >= 0.6 is 0 Å². The van der Waals surface area contributed by atoms with Gasteiger partial charge in [-0.05, 0) is 18.1 Å². The summed E-state index contributed by atoms with van der Waals surface area (Å²) in [5.41, 5.74) is 6.29. The van der Waals surface area contributed by atoms with Crippen molar-refractivity contribution >= 4 is 12.0 Å². The van der Waals surface area contributed by atoms with Gasteiger partial charge in [0.2, 0.25) is 0 Å². The van der Waals surface area contributed by atoms with E-state index in [4.69, 9.17) is 10.8 Å². The SMILES string of the molecule is CN(CCc1ccccc1C(=O)O)C(=O)NCCN. The number of nitrogens with two attached hydrogens (primary N) is 1. The van der Waals surface area contributed by atoms with E-state index in [2.05, 4.69) is 5.32 Å². The molecule has 0 atom stereocenters. The van der Waals surface area contributed by atoms with Gasteiger partial charge in [-0.25, -0.2) is 9.59 Å². The summed E-state index contributed by atoms with van der Waals surface area (Å²) in [4.78, 5) is 24.1. The van der Waals surface area contributed by atoms with Gasteiger partial charge in [-0.15, -0.1) is 0 Å². The fraction of sp³-hybridized carbons (Fsp3) is 0.385. The van der Waals surface area contributed by atoms with Crippen molar-refractivity contribution in [1.82, 2.24) is 10.2 Å². The zero-order valence-electron chi connectivity index (χ0n) is 10.9. The summed E-state index contributed by atoms with van der Waals surface area (Å²) in [5.74, 6) is -0.953. The van der Waals surface area contributed by atoms with Gasteiger partial charge in [-0.1, -0.05) is 18.2 Å². The lowest BCUT2D eigenvalue weighted by atomic mass is 10.0. The van der Waals surface area contributed by atoms with Crippen LogP contribution in [-0.4, -0.2) is 48.7 Å². The zero-order valence-corrected chi connectivity index (χ0v) is 10.9. The highest BCUT2D eigenvalue weighted by Gasteiger charge is 2.11. The second-order valence-electron chi connectivity index (χ2n) is 4.15. The van der Waals surface area contributed by atoms with E-state index in [0.29, 0.717) is 31.6 Å². The van der Waals surface area contributed by atoms with Gasteiger partial charge >= 0.3 is 12.0 Å². The number of hydrogen-bond donors (Lipinski definition) is 3. The van der Waals surface area contributed by atoms with Gasteiger partial charge in [0.25, 0.3) is 0 Å². The van der Waals surface area contributed by atoms with E-state index in [1.165, 1.54) is 4.90 Å². The average molecular weight is 265 g/mol. The standard InChI is InChI=1S/C13H19N3O3/c1-16(13(19)15-8-7-14)9-6-10-4-2-3-5-11(10)12(17)18/h2-5H,6-9,14H2,1H3,(H,15,19)(H,17,18). The van der Waals surface area contributed by atoms with Crippen molar-refractivity contribution in [3.8, 4) is 0 Å². The molecule has 0 radical (unpaired) electrons. The Hall–Kier alpha value is -2.08. The number of urea groups is 1. The second kappa shape index (κ2) is 7.38. The number of hydrogen-bond acceptors (Lipinski definition) is 3. The Morgan fingerprint density at radius 1 is 1.37 bits per heavy atom. The van der Waals surface area contributed by atoms with Crippen LogP contribution in [0.3, 0.4) is 0 Å². The molecule has 1 aromatic rings. The van der Waals surface area contributed by atoms with Crippen LogP contribution in [0.2, 0.25) is 0 Å². The van der Waals surface area contributed by atoms with Crippen molar-refractivity contribution in [2.45, 2.75) is 6.42 Å². The third-order valence-electron chi connectivity index (χ3n) is 2.73. The van der Waals surface area contributed by atoms with Crippen LogP contribution in [0.15, 0.2) is 24.3 Å². The number of nitrogens with one attached hydrogen (secondary N) is 1. The predicted octanol–water partition coefficient (Wildman–Crippen LogP) is 0.527. The summed E-state index contributed by atoms with van der Waals surface area (Å²) < 4.78 is 0. The highest BCUT2D eigenvalue weighted by Crippen LogP contribution is 2.09. The molecule has 19 heavy (non-hydrogen) atoms. The molecule has 4 N–H and O–H groups in total. The molecule has 0 heterocycles. The maximum absolute atomic E-state index is 11.6. The van der Waals surface area contributed by atoms with Gasteiger partial charge in [0, 0.05) is 26.7 Å². The number of carboxylic acid groups (broad SMARTS) is 1. The fourth-order valence-electron chi connectivity index (χ4n) is 1.65. The molecule has 6 nitrogen and oxygen atoms in total. The molecule has 6 heteroatoms. The van der Waals surface area contributed by atoms with Crippen LogP contribution in [0.5, 0.6) is 0 Å². The first-order valence-corrected chi connectivity index (χ1v) is 6.06. The first-order chi connectivity index (χ1) is 9.06. The average Bonchev–Trinajstić information content (AvgIpc) is 2.42. The van der Waals surface area contributed by atoms with E-state index >= 15 is 0 Å². The summed E-state index contributed by atoms with van der Waals surface area (Å²) in [7, 11) is 1.66. The largest absolute Gasteiger partial charge is 0.478 e. The van der Waals surface area contributed by atoms with Gasteiger partial charge in [0.15, 0.2) is 0 Å². The minimum atomic E-state index is -0.953. The fourth-order valence-corrected chi connectivity index (χ4v) is 1.65. The Kier molecular flexibility index (Phi) is 5.81. The van der Waals surface area contributed by atoms with Crippen molar-refractivity contribution in [1.29, 1.82) is 0 Å². The number of aromatic carboxylic acids is 1. The molecular weight excluding hydrogens is 246 g/mol. The van der Waals surface area contributed by atoms with Crippen LogP contribution in [0.4, 0.5) is 4.79 Å². The van der Waals surface area contributed by atoms with E-state index in [1.807, 2.05) is 0 Å². The number of carbonyl (C=O) groups is 2. The van der Waals surface area contributed by atoms with Gasteiger partial charge < -0.3 is 21.1 Å². The number of amides is 2. The minimum Gasteiger partial charge on any atom is -0.478 e. The highest BCUT2D eigenvalue weighted by atomic mass is 16.4. The van der Waals surface area contributed by atoms with Crippen molar-refractivity contribution in [2.24, 2.45) is 5.73 Å². The molecule has 0 aliphatic carbocycles. The van der Waals surface area contributed by atoms with E-state index in [-0.39, 0.29) is 11.6 Å². The number of carboxylic acids is 1. The molecule has 0 bridgehead atoms. The Morgan fingerprint density at radius 2 is 2.05 bits per heavy atom. The van der Waals surface area contributed by atoms with Crippen LogP contribution in [0, 0.1) is 0 Å². The van der Waals surface area contributed by atoms with Crippen LogP contribution in [-0.2, 0) is 6.42 Å². The third kappa shape index (κ3) is 4.59. The van der Waals surface area contributed by atoms with Crippen molar-refractivity contribution < 1.29 is 14.7 Å². The summed E-state index contributed by atoms with van der Waals surface area (Å²) in [6.45, 7) is 1.26. The normalized spacial score (nSPS) is 10.0. The molecule has 0 unspecified atom stereocenters. The number of benzene rings is 1. The van der Waals surface area contributed by atoms with E-state index < -0.39 is 5.97 Å². The lowest BCUT2D eigenvalue weighted by Crippen LogP contribution is -2.40. The molecule has 2 amide bonds. The van der Waals surface area contributed by atoms with Crippen LogP contribution in [0.25, 0.3) is 0 Å². The smallest absolute Gasteiger partial charge is 0.335 e. The Bertz CT molecular complexity index is 449. The molecule has 0 aliphatic rings. The van der Waals surface area contributed by atoms with E-state index in [1.54, 1.807) is 31.3 Å². The van der Waals surface area contributed by atoms with Gasteiger partial charge in [-0.2, -0.15) is 0 Å². The molecular formula is C13H19N3O3. The molecule has 1 aromatic carbocycles. The van der Waals surface area contributed by atoms with E-state index in [9.17, 15) is 9.59 Å². The van der Waals surface area contributed by atoms with Gasteiger partial charge in [-0.3, -0.25) is 0 Å². The summed E-state index contributed by atoms with van der Waals surface area (Å²) in [6.07, 6.45) is 0.495. The molecule has 0 spiro atoms. The topological polar surface area (TPSA) is 95.7 Å². The lowest BCUT2D eigenvalue weighted by molar-refractivity contribution is 0.0695. The number of carbonyl (C=O) groups excluding carboxylic acids is 1. The maximum atomic E-state index is 11.6. The quantitative estimate of drug-likeness (QED) is 0.699.